The molecule has 1 heterocycles. The van der Waals surface area contributed by atoms with E-state index in [1.807, 2.05) is 24.3 Å². The molecule has 2 aromatic rings. The number of carbonyl (C=O) groups excluding carboxylic acids is 1. The average Bonchev–Trinajstić information content (AvgIpc) is 2.77. The summed E-state index contributed by atoms with van der Waals surface area (Å²) in [5.41, 5.74) is 1.17. The van der Waals surface area contributed by atoms with Crippen LogP contribution in [0.25, 0.3) is 0 Å². The van der Waals surface area contributed by atoms with Crippen molar-refractivity contribution in [3.8, 4) is 0 Å². The number of hydrogen-bond acceptors (Lipinski definition) is 2. The van der Waals surface area contributed by atoms with Crippen molar-refractivity contribution in [2.75, 3.05) is 11.9 Å². The molecular weight excluding hydrogens is 308 g/mol. The molecule has 0 radical (unpaired) electrons. The Morgan fingerprint density at radius 1 is 1.37 bits per heavy atom. The zero-order valence-corrected chi connectivity index (χ0v) is 12.1. The van der Waals surface area contributed by atoms with Gasteiger partial charge in [0.05, 0.1) is 6.20 Å². The van der Waals surface area contributed by atoms with Gasteiger partial charge in [0.15, 0.2) is 0 Å². The molecule has 0 unspecified atom stereocenters. The van der Waals surface area contributed by atoms with Gasteiger partial charge >= 0.3 is 6.03 Å². The number of amides is 2. The normalized spacial score (nSPS) is 10.2. The first-order valence-electron chi connectivity index (χ1n) is 5.93. The number of anilines is 1. The average molecular weight is 323 g/mol. The van der Waals surface area contributed by atoms with Gasteiger partial charge in [-0.1, -0.05) is 34.1 Å². The predicted octanol–water partition coefficient (Wildman–Crippen LogP) is 2.55. The van der Waals surface area contributed by atoms with Gasteiger partial charge in [0.1, 0.15) is 5.82 Å². The molecule has 1 aromatic carbocycles. The molecule has 2 rings (SSSR count). The Balaban J connectivity index is 1.79. The smallest absolute Gasteiger partial charge is 0.320 e. The molecule has 6 heteroatoms. The Kier molecular flexibility index (Phi) is 4.57. The second-order valence-electron chi connectivity index (χ2n) is 4.06. The summed E-state index contributed by atoms with van der Waals surface area (Å²) in [7, 11) is 1.77. The summed E-state index contributed by atoms with van der Waals surface area (Å²) in [5.74, 6) is 0.665. The van der Waals surface area contributed by atoms with Crippen LogP contribution in [0.2, 0.25) is 0 Å². The molecule has 0 atom stereocenters. The summed E-state index contributed by atoms with van der Waals surface area (Å²) in [4.78, 5) is 11.7. The largest absolute Gasteiger partial charge is 0.337 e. The van der Waals surface area contributed by atoms with Crippen molar-refractivity contribution in [2.45, 2.75) is 6.42 Å². The molecule has 2 amide bonds. The first-order valence-corrected chi connectivity index (χ1v) is 6.72. The summed E-state index contributed by atoms with van der Waals surface area (Å²) in [5, 5.41) is 9.52. The molecule has 0 bridgehead atoms. The highest BCUT2D eigenvalue weighted by atomic mass is 79.9. The van der Waals surface area contributed by atoms with Crippen LogP contribution in [-0.2, 0) is 13.5 Å². The van der Waals surface area contributed by atoms with Crippen molar-refractivity contribution in [2.24, 2.45) is 7.05 Å². The van der Waals surface area contributed by atoms with Gasteiger partial charge in [-0.15, -0.1) is 0 Å². The van der Waals surface area contributed by atoms with E-state index < -0.39 is 0 Å². The van der Waals surface area contributed by atoms with Crippen LogP contribution in [0.15, 0.2) is 41.0 Å². The number of hydrogen-bond donors (Lipinski definition) is 2. The summed E-state index contributed by atoms with van der Waals surface area (Å²) in [6, 6.07) is 9.49. The Hall–Kier alpha value is -1.82. The fourth-order valence-corrected chi connectivity index (χ4v) is 2.15. The zero-order valence-electron chi connectivity index (χ0n) is 10.6. The van der Waals surface area contributed by atoms with Crippen LogP contribution in [0.3, 0.4) is 0 Å². The Labute approximate surface area is 120 Å². The highest BCUT2D eigenvalue weighted by Gasteiger charge is 2.04. The van der Waals surface area contributed by atoms with Gasteiger partial charge in [-0.25, -0.2) is 4.79 Å². The van der Waals surface area contributed by atoms with E-state index >= 15 is 0 Å². The fourth-order valence-electron chi connectivity index (χ4n) is 1.67. The van der Waals surface area contributed by atoms with Crippen molar-refractivity contribution in [3.05, 3.63) is 46.6 Å². The highest BCUT2D eigenvalue weighted by molar-refractivity contribution is 9.10. The lowest BCUT2D eigenvalue weighted by molar-refractivity contribution is 0.252. The quantitative estimate of drug-likeness (QED) is 0.908. The molecular formula is C13H15BrN4O. The van der Waals surface area contributed by atoms with Gasteiger partial charge in [-0.2, -0.15) is 5.10 Å². The second-order valence-corrected chi connectivity index (χ2v) is 4.92. The zero-order chi connectivity index (χ0) is 13.7. The molecule has 0 saturated heterocycles. The molecule has 0 saturated carbocycles. The van der Waals surface area contributed by atoms with Gasteiger partial charge in [0.2, 0.25) is 0 Å². The molecule has 0 fully saturated rings. The number of carbonyl (C=O) groups is 1. The number of halogens is 1. The van der Waals surface area contributed by atoms with Crippen molar-refractivity contribution < 1.29 is 4.79 Å². The minimum Gasteiger partial charge on any atom is -0.337 e. The lowest BCUT2D eigenvalue weighted by Crippen LogP contribution is -2.31. The molecule has 0 aliphatic heterocycles. The molecule has 1 aromatic heterocycles. The van der Waals surface area contributed by atoms with Crippen LogP contribution in [-0.4, -0.2) is 22.4 Å². The lowest BCUT2D eigenvalue weighted by atomic mass is 10.1. The van der Waals surface area contributed by atoms with Gasteiger partial charge in [-0.05, 0) is 18.1 Å². The third-order valence-electron chi connectivity index (χ3n) is 2.70. The summed E-state index contributed by atoms with van der Waals surface area (Å²) >= 11 is 3.48. The third kappa shape index (κ3) is 3.82. The minimum absolute atomic E-state index is 0.226. The van der Waals surface area contributed by atoms with Crippen LogP contribution in [0.4, 0.5) is 10.6 Å². The molecule has 2 N–H and O–H groups in total. The monoisotopic (exact) mass is 322 g/mol. The fraction of sp³-hybridized carbons (Fsp3) is 0.231. The van der Waals surface area contributed by atoms with Crippen molar-refractivity contribution in [3.63, 3.8) is 0 Å². The van der Waals surface area contributed by atoms with Crippen LogP contribution >= 0.6 is 15.9 Å². The summed E-state index contributed by atoms with van der Waals surface area (Å²) in [6.07, 6.45) is 2.41. The van der Waals surface area contributed by atoms with E-state index in [4.69, 9.17) is 0 Å². The lowest BCUT2D eigenvalue weighted by Gasteiger charge is -2.08. The van der Waals surface area contributed by atoms with E-state index in [9.17, 15) is 4.79 Å². The number of aryl methyl sites for hydroxylation is 1. The number of rotatable bonds is 4. The maximum Gasteiger partial charge on any atom is 0.320 e. The molecule has 0 aliphatic rings. The van der Waals surface area contributed by atoms with E-state index in [0.717, 1.165) is 10.9 Å². The van der Waals surface area contributed by atoms with Crippen molar-refractivity contribution >= 4 is 27.8 Å². The topological polar surface area (TPSA) is 59.0 Å². The molecule has 0 aliphatic carbocycles. The number of benzene rings is 1. The predicted molar refractivity (Wildman–Crippen MR) is 78.1 cm³/mol. The maximum atomic E-state index is 11.7. The Bertz CT molecular complexity index is 567. The Morgan fingerprint density at radius 3 is 2.84 bits per heavy atom. The van der Waals surface area contributed by atoms with Crippen molar-refractivity contribution in [1.29, 1.82) is 0 Å². The van der Waals surface area contributed by atoms with Crippen LogP contribution in [0.5, 0.6) is 0 Å². The van der Waals surface area contributed by atoms with Crippen molar-refractivity contribution in [1.82, 2.24) is 15.1 Å². The van der Waals surface area contributed by atoms with Crippen LogP contribution in [0.1, 0.15) is 5.56 Å². The SMILES string of the molecule is Cn1nccc1NC(=O)NCCc1ccccc1Br. The highest BCUT2D eigenvalue weighted by Crippen LogP contribution is 2.15. The molecule has 100 valence electrons. The van der Waals surface area contributed by atoms with Crippen LogP contribution in [0, 0.1) is 0 Å². The second kappa shape index (κ2) is 6.38. The van der Waals surface area contributed by atoms with Gasteiger partial charge < -0.3 is 5.32 Å². The molecule has 19 heavy (non-hydrogen) atoms. The van der Waals surface area contributed by atoms with E-state index in [2.05, 4.69) is 31.7 Å². The van der Waals surface area contributed by atoms with E-state index in [0.29, 0.717) is 12.4 Å². The van der Waals surface area contributed by atoms with Gasteiger partial charge in [0, 0.05) is 24.1 Å². The van der Waals surface area contributed by atoms with Crippen LogP contribution < -0.4 is 10.6 Å². The first-order chi connectivity index (χ1) is 9.16. The molecule has 0 spiro atoms. The van der Waals surface area contributed by atoms with E-state index in [1.165, 1.54) is 5.56 Å². The number of urea groups is 1. The number of aromatic nitrogens is 2. The third-order valence-corrected chi connectivity index (χ3v) is 3.47. The molecule has 5 nitrogen and oxygen atoms in total. The van der Waals surface area contributed by atoms with E-state index in [-0.39, 0.29) is 6.03 Å². The number of nitrogens with zero attached hydrogens (tertiary/aromatic N) is 2. The minimum atomic E-state index is -0.226. The van der Waals surface area contributed by atoms with E-state index in [1.54, 1.807) is 24.0 Å². The first kappa shape index (κ1) is 13.6. The summed E-state index contributed by atoms with van der Waals surface area (Å²) < 4.78 is 2.66. The standard InChI is InChI=1S/C13H15BrN4O/c1-18-12(7-9-16-18)17-13(19)15-8-6-10-4-2-3-5-11(10)14/h2-5,7,9H,6,8H2,1H3,(H2,15,17,19). The maximum absolute atomic E-state index is 11.7. The number of nitrogens with one attached hydrogen (secondary N) is 2. The van der Waals surface area contributed by atoms with Gasteiger partial charge in [0.25, 0.3) is 0 Å². The van der Waals surface area contributed by atoms with Gasteiger partial charge in [-0.3, -0.25) is 10.00 Å². The summed E-state index contributed by atoms with van der Waals surface area (Å²) in [6.45, 7) is 0.576. The Morgan fingerprint density at radius 2 is 2.16 bits per heavy atom.